The van der Waals surface area contributed by atoms with Crippen molar-refractivity contribution in [1.29, 1.82) is 0 Å². The number of rotatable bonds is 4. The quantitative estimate of drug-likeness (QED) is 0.944. The topological polar surface area (TPSA) is 41.3 Å². The van der Waals surface area contributed by atoms with Crippen LogP contribution in [0.25, 0.3) is 0 Å². The highest BCUT2D eigenvalue weighted by molar-refractivity contribution is 7.11. The number of nitrogens with zero attached hydrogens (tertiary/aromatic N) is 3. The van der Waals surface area contributed by atoms with Crippen LogP contribution in [0.5, 0.6) is 0 Å². The average molecular weight is 305 g/mol. The molecule has 0 unspecified atom stereocenters. The lowest BCUT2D eigenvalue weighted by Gasteiger charge is -2.34. The van der Waals surface area contributed by atoms with Crippen molar-refractivity contribution in [3.05, 3.63) is 40.1 Å². The monoisotopic (exact) mass is 305 g/mol. The Bertz CT molecular complexity index is 592. The van der Waals surface area contributed by atoms with Crippen LogP contribution in [0, 0.1) is 12.8 Å². The van der Waals surface area contributed by atoms with Gasteiger partial charge in [-0.3, -0.25) is 4.90 Å². The minimum Gasteiger partial charge on any atom is -0.385 e. The number of imidazole rings is 1. The Hall–Kier alpha value is -1.17. The fourth-order valence-corrected chi connectivity index (χ4v) is 4.09. The molecule has 3 heterocycles. The van der Waals surface area contributed by atoms with Crippen molar-refractivity contribution in [2.45, 2.75) is 32.4 Å². The van der Waals surface area contributed by atoms with E-state index in [1.54, 1.807) is 6.20 Å². The van der Waals surface area contributed by atoms with Crippen molar-refractivity contribution in [2.75, 3.05) is 13.1 Å². The number of piperidine rings is 1. The van der Waals surface area contributed by atoms with E-state index in [1.165, 1.54) is 9.75 Å². The third-order valence-electron chi connectivity index (χ3n) is 4.29. The van der Waals surface area contributed by atoms with E-state index in [0.717, 1.165) is 38.3 Å². The van der Waals surface area contributed by atoms with Gasteiger partial charge in [0.1, 0.15) is 11.9 Å². The van der Waals surface area contributed by atoms with E-state index in [4.69, 9.17) is 0 Å². The molecule has 1 fully saturated rings. The molecule has 5 heteroatoms. The summed E-state index contributed by atoms with van der Waals surface area (Å²) >= 11 is 1.87. The molecule has 1 aliphatic rings. The number of aliphatic hydroxyl groups is 1. The summed E-state index contributed by atoms with van der Waals surface area (Å²) in [6, 6.07) is 4.41. The molecular formula is C16H23N3OS. The molecule has 0 amide bonds. The van der Waals surface area contributed by atoms with Crippen LogP contribution in [-0.4, -0.2) is 32.6 Å². The molecule has 0 radical (unpaired) electrons. The van der Waals surface area contributed by atoms with Gasteiger partial charge in [0, 0.05) is 48.2 Å². The molecule has 1 saturated heterocycles. The summed E-state index contributed by atoms with van der Waals surface area (Å²) in [5.74, 6) is 1.06. The summed E-state index contributed by atoms with van der Waals surface area (Å²) in [5.41, 5.74) is 0. The van der Waals surface area contributed by atoms with Crippen LogP contribution in [0.2, 0.25) is 0 Å². The van der Waals surface area contributed by atoms with Gasteiger partial charge < -0.3 is 9.67 Å². The van der Waals surface area contributed by atoms with Crippen LogP contribution in [0.4, 0.5) is 0 Å². The van der Waals surface area contributed by atoms with Crippen LogP contribution in [0.3, 0.4) is 0 Å². The summed E-state index contributed by atoms with van der Waals surface area (Å²) in [5, 5.41) is 10.6. The van der Waals surface area contributed by atoms with Gasteiger partial charge in [0.15, 0.2) is 0 Å². The predicted octanol–water partition coefficient (Wildman–Crippen LogP) is 2.74. The first-order chi connectivity index (χ1) is 10.1. The van der Waals surface area contributed by atoms with Crippen molar-refractivity contribution in [2.24, 2.45) is 13.0 Å². The van der Waals surface area contributed by atoms with Gasteiger partial charge in [-0.15, -0.1) is 11.3 Å². The summed E-state index contributed by atoms with van der Waals surface area (Å²) in [6.45, 7) is 5.23. The molecular weight excluding hydrogens is 282 g/mol. The molecule has 2 aromatic rings. The second kappa shape index (κ2) is 6.30. The number of thiophene rings is 1. The van der Waals surface area contributed by atoms with E-state index < -0.39 is 6.10 Å². The van der Waals surface area contributed by atoms with Gasteiger partial charge in [-0.25, -0.2) is 4.98 Å². The largest absolute Gasteiger partial charge is 0.385 e. The van der Waals surface area contributed by atoms with Gasteiger partial charge in [-0.1, -0.05) is 0 Å². The molecule has 1 N–H and O–H groups in total. The van der Waals surface area contributed by atoms with Crippen LogP contribution in [0.15, 0.2) is 24.5 Å². The van der Waals surface area contributed by atoms with E-state index >= 15 is 0 Å². The Balaban J connectivity index is 1.64. The van der Waals surface area contributed by atoms with E-state index in [9.17, 15) is 5.11 Å². The summed E-state index contributed by atoms with van der Waals surface area (Å²) in [6.07, 6.45) is 5.42. The lowest BCUT2D eigenvalue weighted by Crippen LogP contribution is -2.37. The van der Waals surface area contributed by atoms with Crippen molar-refractivity contribution < 1.29 is 5.11 Å². The predicted molar refractivity (Wildman–Crippen MR) is 85.2 cm³/mol. The molecule has 3 rings (SSSR count). The minimum absolute atomic E-state index is 0.279. The fourth-order valence-electron chi connectivity index (χ4n) is 3.16. The molecule has 0 spiro atoms. The molecule has 1 aliphatic heterocycles. The van der Waals surface area contributed by atoms with E-state index in [-0.39, 0.29) is 5.92 Å². The zero-order valence-corrected chi connectivity index (χ0v) is 13.5. The SMILES string of the molecule is Cc1ccc(CN2CCC[C@H]([C@@H](O)c3nccn3C)C2)s1. The maximum absolute atomic E-state index is 10.6. The number of hydrogen-bond donors (Lipinski definition) is 1. The van der Waals surface area contributed by atoms with Gasteiger partial charge >= 0.3 is 0 Å². The van der Waals surface area contributed by atoms with E-state index in [2.05, 4.69) is 28.9 Å². The fraction of sp³-hybridized carbons (Fsp3) is 0.562. The normalized spacial score (nSPS) is 21.6. The van der Waals surface area contributed by atoms with Crippen molar-refractivity contribution in [3.8, 4) is 0 Å². The maximum atomic E-state index is 10.6. The Morgan fingerprint density at radius 3 is 3.00 bits per heavy atom. The van der Waals surface area contributed by atoms with Crippen LogP contribution in [0.1, 0.15) is 34.5 Å². The van der Waals surface area contributed by atoms with Gasteiger partial charge in [0.05, 0.1) is 0 Å². The van der Waals surface area contributed by atoms with Crippen molar-refractivity contribution in [1.82, 2.24) is 14.5 Å². The molecule has 0 aliphatic carbocycles. The summed E-state index contributed by atoms with van der Waals surface area (Å²) < 4.78 is 1.92. The van der Waals surface area contributed by atoms with Crippen LogP contribution >= 0.6 is 11.3 Å². The zero-order chi connectivity index (χ0) is 14.8. The Morgan fingerprint density at radius 1 is 1.48 bits per heavy atom. The van der Waals surface area contributed by atoms with Gasteiger partial charge in [-0.2, -0.15) is 0 Å². The Labute approximate surface area is 130 Å². The maximum Gasteiger partial charge on any atom is 0.137 e. The van der Waals surface area contributed by atoms with Crippen molar-refractivity contribution in [3.63, 3.8) is 0 Å². The number of aliphatic hydroxyl groups excluding tert-OH is 1. The number of aromatic nitrogens is 2. The zero-order valence-electron chi connectivity index (χ0n) is 12.7. The molecule has 0 bridgehead atoms. The van der Waals surface area contributed by atoms with Gasteiger partial charge in [-0.05, 0) is 38.4 Å². The minimum atomic E-state index is -0.460. The lowest BCUT2D eigenvalue weighted by molar-refractivity contribution is 0.0408. The first-order valence-corrected chi connectivity index (χ1v) is 8.38. The summed E-state index contributed by atoms with van der Waals surface area (Å²) in [4.78, 5) is 9.55. The molecule has 2 aromatic heterocycles. The van der Waals surface area contributed by atoms with Gasteiger partial charge in [0.25, 0.3) is 0 Å². The van der Waals surface area contributed by atoms with Crippen LogP contribution in [-0.2, 0) is 13.6 Å². The molecule has 21 heavy (non-hydrogen) atoms. The molecule has 114 valence electrons. The first-order valence-electron chi connectivity index (χ1n) is 7.56. The average Bonchev–Trinajstić information content (AvgIpc) is 3.07. The number of likely N-dealkylation sites (tertiary alicyclic amines) is 1. The number of aryl methyl sites for hydroxylation is 2. The van der Waals surface area contributed by atoms with Crippen LogP contribution < -0.4 is 0 Å². The standard InChI is InChI=1S/C16H23N3OS/c1-12-5-6-14(21-12)11-19-8-3-4-13(10-19)15(20)16-17-7-9-18(16)2/h5-7,9,13,15,20H,3-4,8,10-11H2,1-2H3/t13-,15+/m0/s1. The Morgan fingerprint density at radius 2 is 2.33 bits per heavy atom. The molecule has 4 nitrogen and oxygen atoms in total. The summed E-state index contributed by atoms with van der Waals surface area (Å²) in [7, 11) is 1.95. The Kier molecular flexibility index (Phi) is 4.42. The smallest absolute Gasteiger partial charge is 0.137 e. The third-order valence-corrected chi connectivity index (χ3v) is 5.27. The number of hydrogen-bond acceptors (Lipinski definition) is 4. The van der Waals surface area contributed by atoms with Crippen molar-refractivity contribution >= 4 is 11.3 Å². The van der Waals surface area contributed by atoms with E-state index in [1.807, 2.05) is 29.1 Å². The molecule has 2 atom stereocenters. The molecule has 0 saturated carbocycles. The lowest BCUT2D eigenvalue weighted by atomic mass is 9.92. The first kappa shape index (κ1) is 14.8. The van der Waals surface area contributed by atoms with Gasteiger partial charge in [0.2, 0.25) is 0 Å². The van der Waals surface area contributed by atoms with E-state index in [0.29, 0.717) is 0 Å². The third kappa shape index (κ3) is 3.36. The highest BCUT2D eigenvalue weighted by Crippen LogP contribution is 2.30. The molecule has 0 aromatic carbocycles. The second-order valence-electron chi connectivity index (χ2n) is 5.99. The highest BCUT2D eigenvalue weighted by Gasteiger charge is 2.29. The second-order valence-corrected chi connectivity index (χ2v) is 7.36. The highest BCUT2D eigenvalue weighted by atomic mass is 32.1.